The van der Waals surface area contributed by atoms with Crippen LogP contribution >= 0.6 is 11.3 Å². The predicted octanol–water partition coefficient (Wildman–Crippen LogP) is 1.32. The predicted molar refractivity (Wildman–Crippen MR) is 48.2 cm³/mol. The molecule has 0 amide bonds. The zero-order chi connectivity index (χ0) is 9.35. The van der Waals surface area contributed by atoms with E-state index in [0.717, 1.165) is 10.4 Å². The van der Waals surface area contributed by atoms with E-state index in [-0.39, 0.29) is 0 Å². The van der Waals surface area contributed by atoms with Gasteiger partial charge in [0.1, 0.15) is 5.54 Å². The zero-order valence-electron chi connectivity index (χ0n) is 7.00. The average Bonchev–Trinajstić information content (AvgIpc) is 2.35. The number of aryl methyl sites for hydroxylation is 1. The lowest BCUT2D eigenvalue weighted by Gasteiger charge is -2.18. The number of carbonyl (C=O) groups is 1. The quantitative estimate of drug-likeness (QED) is 0.730. The second-order valence-corrected chi connectivity index (χ2v) is 3.86. The number of carboxylic acids is 1. The number of rotatable bonds is 2. The zero-order valence-corrected chi connectivity index (χ0v) is 7.81. The molecule has 4 heteroatoms. The van der Waals surface area contributed by atoms with Gasteiger partial charge in [0.05, 0.1) is 0 Å². The average molecular weight is 185 g/mol. The van der Waals surface area contributed by atoms with Crippen molar-refractivity contribution in [1.29, 1.82) is 0 Å². The fourth-order valence-corrected chi connectivity index (χ4v) is 2.00. The second-order valence-electron chi connectivity index (χ2n) is 2.94. The Kier molecular flexibility index (Phi) is 2.21. The maximum atomic E-state index is 10.8. The number of thiophene rings is 1. The lowest BCUT2D eigenvalue weighted by atomic mass is 9.99. The van der Waals surface area contributed by atoms with Crippen LogP contribution in [0.15, 0.2) is 11.4 Å². The van der Waals surface area contributed by atoms with E-state index >= 15 is 0 Å². The summed E-state index contributed by atoms with van der Waals surface area (Å²) in [6.07, 6.45) is 0. The van der Waals surface area contributed by atoms with Crippen molar-refractivity contribution in [2.75, 3.05) is 0 Å². The van der Waals surface area contributed by atoms with E-state index in [9.17, 15) is 4.79 Å². The van der Waals surface area contributed by atoms with Gasteiger partial charge in [-0.05, 0) is 30.9 Å². The minimum Gasteiger partial charge on any atom is -0.480 e. The Labute approximate surface area is 74.8 Å². The van der Waals surface area contributed by atoms with Crippen molar-refractivity contribution < 1.29 is 9.90 Å². The highest BCUT2D eigenvalue weighted by Crippen LogP contribution is 2.26. The molecule has 12 heavy (non-hydrogen) atoms. The van der Waals surface area contributed by atoms with Crippen LogP contribution in [0.3, 0.4) is 0 Å². The van der Waals surface area contributed by atoms with E-state index in [2.05, 4.69) is 0 Å². The highest BCUT2D eigenvalue weighted by molar-refractivity contribution is 7.10. The van der Waals surface area contributed by atoms with Crippen molar-refractivity contribution in [1.82, 2.24) is 0 Å². The largest absolute Gasteiger partial charge is 0.480 e. The number of hydrogen-bond donors (Lipinski definition) is 2. The standard InChI is InChI=1S/C8H11NO2S/c1-5-3-4-12-6(5)8(2,9)7(10)11/h3-4H,9H2,1-2H3,(H,10,11)/t8-/m0/s1. The minimum absolute atomic E-state index is 0.718. The van der Waals surface area contributed by atoms with Gasteiger partial charge in [0.25, 0.3) is 0 Å². The topological polar surface area (TPSA) is 63.3 Å². The van der Waals surface area contributed by atoms with Gasteiger partial charge in [0.15, 0.2) is 0 Å². The molecule has 0 spiro atoms. The third-order valence-corrected chi connectivity index (χ3v) is 3.03. The van der Waals surface area contributed by atoms with Crippen molar-refractivity contribution in [2.24, 2.45) is 5.73 Å². The van der Waals surface area contributed by atoms with Gasteiger partial charge in [0, 0.05) is 4.88 Å². The maximum Gasteiger partial charge on any atom is 0.328 e. The molecule has 0 aliphatic rings. The summed E-state index contributed by atoms with van der Waals surface area (Å²) in [5, 5.41) is 10.7. The van der Waals surface area contributed by atoms with E-state index in [1.807, 2.05) is 18.4 Å². The summed E-state index contributed by atoms with van der Waals surface area (Å²) in [7, 11) is 0. The Morgan fingerprint density at radius 2 is 2.33 bits per heavy atom. The molecular weight excluding hydrogens is 174 g/mol. The maximum absolute atomic E-state index is 10.8. The van der Waals surface area contributed by atoms with Gasteiger partial charge in [0.2, 0.25) is 0 Å². The molecule has 0 unspecified atom stereocenters. The molecule has 3 nitrogen and oxygen atoms in total. The van der Waals surface area contributed by atoms with Crippen molar-refractivity contribution in [3.63, 3.8) is 0 Å². The van der Waals surface area contributed by atoms with Crippen LogP contribution < -0.4 is 5.73 Å². The van der Waals surface area contributed by atoms with Gasteiger partial charge < -0.3 is 10.8 Å². The van der Waals surface area contributed by atoms with Crippen LogP contribution in [-0.2, 0) is 10.3 Å². The van der Waals surface area contributed by atoms with Crippen molar-refractivity contribution in [3.05, 3.63) is 21.9 Å². The van der Waals surface area contributed by atoms with Crippen LogP contribution in [0.4, 0.5) is 0 Å². The first-order valence-electron chi connectivity index (χ1n) is 3.53. The van der Waals surface area contributed by atoms with E-state index in [0.29, 0.717) is 0 Å². The Balaban J connectivity index is 3.13. The van der Waals surface area contributed by atoms with E-state index in [1.54, 1.807) is 0 Å². The molecule has 66 valence electrons. The smallest absolute Gasteiger partial charge is 0.328 e. The van der Waals surface area contributed by atoms with Crippen LogP contribution in [0.1, 0.15) is 17.4 Å². The number of nitrogens with two attached hydrogens (primary N) is 1. The Morgan fingerprint density at radius 1 is 1.75 bits per heavy atom. The van der Waals surface area contributed by atoms with Gasteiger partial charge >= 0.3 is 5.97 Å². The monoisotopic (exact) mass is 185 g/mol. The molecule has 0 saturated heterocycles. The number of carboxylic acid groups (broad SMARTS) is 1. The molecule has 1 aromatic rings. The Hall–Kier alpha value is -0.870. The summed E-state index contributed by atoms with van der Waals surface area (Å²) in [6, 6.07) is 1.87. The molecule has 0 fully saturated rings. The molecule has 1 atom stereocenters. The van der Waals surface area contributed by atoms with E-state index in [1.165, 1.54) is 18.3 Å². The van der Waals surface area contributed by atoms with Crippen LogP contribution in [0.5, 0.6) is 0 Å². The van der Waals surface area contributed by atoms with Crippen LogP contribution in [0, 0.1) is 6.92 Å². The summed E-state index contributed by atoms with van der Waals surface area (Å²) in [5.74, 6) is -0.993. The summed E-state index contributed by atoms with van der Waals surface area (Å²) < 4.78 is 0. The molecule has 3 N–H and O–H groups in total. The van der Waals surface area contributed by atoms with Gasteiger partial charge in [-0.2, -0.15) is 0 Å². The van der Waals surface area contributed by atoms with Crippen LogP contribution in [0.25, 0.3) is 0 Å². The second kappa shape index (κ2) is 2.88. The van der Waals surface area contributed by atoms with Gasteiger partial charge in [-0.15, -0.1) is 11.3 Å². The molecular formula is C8H11NO2S. The normalized spacial score (nSPS) is 15.6. The molecule has 0 saturated carbocycles. The number of hydrogen-bond acceptors (Lipinski definition) is 3. The van der Waals surface area contributed by atoms with E-state index < -0.39 is 11.5 Å². The third-order valence-electron chi connectivity index (χ3n) is 1.78. The lowest BCUT2D eigenvalue weighted by molar-refractivity contribution is -0.142. The highest BCUT2D eigenvalue weighted by Gasteiger charge is 2.32. The molecule has 0 aliphatic carbocycles. The lowest BCUT2D eigenvalue weighted by Crippen LogP contribution is -2.41. The molecule has 0 bridgehead atoms. The molecule has 1 rings (SSSR count). The molecule has 0 aromatic carbocycles. The van der Waals surface area contributed by atoms with Gasteiger partial charge in [-0.25, -0.2) is 4.79 Å². The molecule has 0 aliphatic heterocycles. The summed E-state index contributed by atoms with van der Waals surface area (Å²) >= 11 is 1.38. The first-order valence-corrected chi connectivity index (χ1v) is 4.41. The summed E-state index contributed by atoms with van der Waals surface area (Å²) in [6.45, 7) is 3.37. The van der Waals surface area contributed by atoms with Gasteiger partial charge in [-0.1, -0.05) is 0 Å². The van der Waals surface area contributed by atoms with Crippen molar-refractivity contribution in [3.8, 4) is 0 Å². The SMILES string of the molecule is Cc1ccsc1[C@](C)(N)C(=O)O. The Bertz CT molecular complexity index is 304. The third kappa shape index (κ3) is 1.35. The van der Waals surface area contributed by atoms with Crippen molar-refractivity contribution >= 4 is 17.3 Å². The molecule has 1 heterocycles. The van der Waals surface area contributed by atoms with E-state index in [4.69, 9.17) is 10.8 Å². The first kappa shape index (κ1) is 9.22. The Morgan fingerprint density at radius 3 is 2.67 bits per heavy atom. The minimum atomic E-state index is -1.25. The fourth-order valence-electron chi connectivity index (χ4n) is 1.00. The van der Waals surface area contributed by atoms with Crippen LogP contribution in [-0.4, -0.2) is 11.1 Å². The van der Waals surface area contributed by atoms with Crippen molar-refractivity contribution in [2.45, 2.75) is 19.4 Å². The first-order chi connectivity index (χ1) is 5.46. The van der Waals surface area contributed by atoms with Crippen LogP contribution in [0.2, 0.25) is 0 Å². The number of aliphatic carboxylic acids is 1. The fraction of sp³-hybridized carbons (Fsp3) is 0.375. The van der Waals surface area contributed by atoms with Gasteiger partial charge in [-0.3, -0.25) is 0 Å². The summed E-state index contributed by atoms with van der Waals surface area (Å²) in [4.78, 5) is 11.5. The molecule has 0 radical (unpaired) electrons. The summed E-state index contributed by atoms with van der Waals surface area (Å²) in [5.41, 5.74) is 5.32. The highest BCUT2D eigenvalue weighted by atomic mass is 32.1. The molecule has 1 aromatic heterocycles.